The second kappa shape index (κ2) is 9.04. The number of nitrogens with zero attached hydrogens (tertiary/aromatic N) is 1. The molecule has 0 saturated heterocycles. The summed E-state index contributed by atoms with van der Waals surface area (Å²) < 4.78 is 0. The van der Waals surface area contributed by atoms with Crippen molar-refractivity contribution in [3.63, 3.8) is 0 Å². The third-order valence-corrected chi connectivity index (χ3v) is 8.58. The smallest absolute Gasteiger partial charge is 0.255 e. The summed E-state index contributed by atoms with van der Waals surface area (Å²) in [6.07, 6.45) is 0.0144. The molecule has 0 bridgehead atoms. The van der Waals surface area contributed by atoms with E-state index in [4.69, 9.17) is 11.5 Å². The van der Waals surface area contributed by atoms with Crippen molar-refractivity contribution in [1.82, 2.24) is 4.90 Å². The number of fused-ring (bicyclic) bond motifs is 3. The van der Waals surface area contributed by atoms with Crippen molar-refractivity contribution in [2.24, 2.45) is 23.3 Å². The van der Waals surface area contributed by atoms with Crippen LogP contribution in [0.3, 0.4) is 0 Å². The Morgan fingerprint density at radius 1 is 1.13 bits per heavy atom. The Labute approximate surface area is 224 Å². The number of aliphatic hydroxyl groups is 3. The van der Waals surface area contributed by atoms with Crippen LogP contribution in [0.2, 0.25) is 0 Å². The lowest BCUT2D eigenvalue weighted by molar-refractivity contribution is -0.154. The van der Waals surface area contributed by atoms with Gasteiger partial charge in [0.1, 0.15) is 22.8 Å². The van der Waals surface area contributed by atoms with E-state index in [2.05, 4.69) is 0 Å². The molecule has 8 N–H and O–H groups in total. The highest BCUT2D eigenvalue weighted by molar-refractivity contribution is 6.24. The maximum Gasteiger partial charge on any atom is 0.255 e. The molecule has 3 aliphatic rings. The Bertz CT molecular complexity index is 1490. The van der Waals surface area contributed by atoms with Gasteiger partial charge in [0, 0.05) is 23.6 Å². The lowest BCUT2D eigenvalue weighted by Gasteiger charge is -2.51. The minimum absolute atomic E-state index is 0.0144. The highest BCUT2D eigenvalue weighted by Crippen LogP contribution is 2.57. The van der Waals surface area contributed by atoms with Crippen LogP contribution in [0.1, 0.15) is 36.0 Å². The third kappa shape index (κ3) is 3.48. The Balaban J connectivity index is 1.82. The zero-order valence-corrected chi connectivity index (χ0v) is 21.8. The van der Waals surface area contributed by atoms with E-state index >= 15 is 0 Å². The molecule has 0 heterocycles. The first-order chi connectivity index (χ1) is 18.4. The summed E-state index contributed by atoms with van der Waals surface area (Å²) in [6, 6.07) is 9.97. The minimum atomic E-state index is -2.69. The number of aliphatic hydroxyl groups excluding tert-OH is 2. The van der Waals surface area contributed by atoms with E-state index in [1.165, 1.54) is 4.90 Å². The molecule has 2 aromatic rings. The third-order valence-electron chi connectivity index (χ3n) is 8.58. The highest BCUT2D eigenvalue weighted by Gasteiger charge is 2.65. The zero-order chi connectivity index (χ0) is 28.5. The minimum Gasteiger partial charge on any atom is -0.508 e. The fourth-order valence-electron chi connectivity index (χ4n) is 6.76. The number of primary amides is 1. The van der Waals surface area contributed by atoms with Gasteiger partial charge >= 0.3 is 0 Å². The number of hydrogen-bond donors (Lipinski definition) is 6. The van der Waals surface area contributed by atoms with Crippen molar-refractivity contribution in [1.29, 1.82) is 0 Å². The molecule has 5 atom stereocenters. The number of carbonyl (C=O) groups excluding carboxylic acids is 3. The van der Waals surface area contributed by atoms with Gasteiger partial charge in [0.05, 0.1) is 11.6 Å². The van der Waals surface area contributed by atoms with Crippen LogP contribution in [0.4, 0.5) is 0 Å². The number of benzene rings is 2. The maximum atomic E-state index is 14.1. The number of amides is 1. The fourth-order valence-corrected chi connectivity index (χ4v) is 6.76. The van der Waals surface area contributed by atoms with Crippen LogP contribution in [-0.2, 0) is 20.9 Å². The molecular formula is C29H31N3O7. The molecule has 0 unspecified atom stereocenters. The molecule has 1 saturated carbocycles. The second-order valence-electron chi connectivity index (χ2n) is 10.7. The fraction of sp³-hybridized carbons (Fsp3) is 0.345. The molecule has 204 valence electrons. The standard InChI is InChI=1S/C29H31N3O7/c1-12-15-10-17-22(32(2)3)25(35)21(28(31)38)27(37)29(17,39)26(36)19(15)24(34)20-18(12)16(9-14(11-30)23(20)33)13-7-5-4-6-8-13/h4-9,12,15,17,22,33-34,37,39H,10-11,30H2,1-3H3,(H2,31,38)/t12-,15+,17-,22+,29-/m0/s1. The number of nitrogens with two attached hydrogens (primary N) is 2. The monoisotopic (exact) mass is 533 g/mol. The summed E-state index contributed by atoms with van der Waals surface area (Å²) in [5.41, 5.74) is 10.1. The van der Waals surface area contributed by atoms with Crippen molar-refractivity contribution in [2.75, 3.05) is 14.1 Å². The molecule has 39 heavy (non-hydrogen) atoms. The van der Waals surface area contributed by atoms with Crippen LogP contribution in [-0.4, -0.2) is 68.5 Å². The van der Waals surface area contributed by atoms with E-state index in [9.17, 15) is 34.8 Å². The molecule has 5 rings (SSSR count). The van der Waals surface area contributed by atoms with Gasteiger partial charge in [-0.25, -0.2) is 0 Å². The van der Waals surface area contributed by atoms with E-state index in [0.717, 1.165) is 11.1 Å². The van der Waals surface area contributed by atoms with E-state index in [1.54, 1.807) is 20.2 Å². The summed E-state index contributed by atoms with van der Waals surface area (Å²) in [4.78, 5) is 41.0. The summed E-state index contributed by atoms with van der Waals surface area (Å²) in [5.74, 6) is -7.34. The molecule has 0 spiro atoms. The maximum absolute atomic E-state index is 14.1. The molecule has 0 aliphatic heterocycles. The quantitative estimate of drug-likeness (QED) is 0.318. The topological polar surface area (TPSA) is 187 Å². The van der Waals surface area contributed by atoms with E-state index < -0.39 is 64.0 Å². The van der Waals surface area contributed by atoms with Gasteiger partial charge in [-0.05, 0) is 55.1 Å². The van der Waals surface area contributed by atoms with Crippen molar-refractivity contribution in [3.05, 3.63) is 70.0 Å². The average molecular weight is 534 g/mol. The van der Waals surface area contributed by atoms with Crippen LogP contribution < -0.4 is 11.5 Å². The summed E-state index contributed by atoms with van der Waals surface area (Å²) >= 11 is 0. The van der Waals surface area contributed by atoms with Crippen molar-refractivity contribution in [3.8, 4) is 16.9 Å². The number of hydrogen-bond acceptors (Lipinski definition) is 9. The normalized spacial score (nSPS) is 28.4. The number of likely N-dealkylation sites (N-methyl/N-ethyl adjacent to an activating group) is 1. The largest absolute Gasteiger partial charge is 0.508 e. The van der Waals surface area contributed by atoms with Crippen LogP contribution in [0.25, 0.3) is 16.9 Å². The molecule has 0 aromatic heterocycles. The first-order valence-electron chi connectivity index (χ1n) is 12.7. The van der Waals surface area contributed by atoms with Crippen LogP contribution in [0.5, 0.6) is 5.75 Å². The summed E-state index contributed by atoms with van der Waals surface area (Å²) in [5, 5.41) is 45.6. The SMILES string of the molecule is C[C@@H]1c2c(-c3ccccc3)cc(CN)c(O)c2C(O)=C2C(=O)[C@]3(O)C(O)=C(C(N)=O)C(=O)[C@H](N(C)C)[C@@H]3C[C@@H]21. The Hall–Kier alpha value is -3.99. The first-order valence-corrected chi connectivity index (χ1v) is 12.7. The summed E-state index contributed by atoms with van der Waals surface area (Å²) in [7, 11) is 3.13. The predicted octanol–water partition coefficient (Wildman–Crippen LogP) is 1.65. The zero-order valence-electron chi connectivity index (χ0n) is 21.8. The van der Waals surface area contributed by atoms with Gasteiger partial charge in [-0.2, -0.15) is 0 Å². The number of rotatable bonds is 4. The molecule has 10 nitrogen and oxygen atoms in total. The van der Waals surface area contributed by atoms with E-state index in [-0.39, 0.29) is 29.9 Å². The number of phenolic OH excluding ortho intramolecular Hbond substituents is 1. The van der Waals surface area contributed by atoms with E-state index in [1.807, 2.05) is 37.3 Å². The number of Topliss-reactive ketones (excluding diaryl/α,β-unsaturated/α-hetero) is 2. The molecule has 2 aromatic carbocycles. The van der Waals surface area contributed by atoms with Gasteiger partial charge < -0.3 is 31.9 Å². The van der Waals surface area contributed by atoms with Gasteiger partial charge in [0.15, 0.2) is 11.4 Å². The molecule has 1 amide bonds. The second-order valence-corrected chi connectivity index (χ2v) is 10.7. The number of ketones is 2. The lowest BCUT2D eigenvalue weighted by Crippen LogP contribution is -2.66. The number of carbonyl (C=O) groups is 3. The van der Waals surface area contributed by atoms with Gasteiger partial charge in [0.2, 0.25) is 5.78 Å². The number of phenols is 1. The van der Waals surface area contributed by atoms with Gasteiger partial charge in [-0.15, -0.1) is 0 Å². The van der Waals surface area contributed by atoms with Crippen molar-refractivity contribution in [2.45, 2.75) is 37.5 Å². The Morgan fingerprint density at radius 2 is 1.77 bits per heavy atom. The van der Waals surface area contributed by atoms with Gasteiger partial charge in [0.25, 0.3) is 5.91 Å². The number of aromatic hydroxyl groups is 1. The molecule has 1 fully saturated rings. The first kappa shape index (κ1) is 26.6. The van der Waals surface area contributed by atoms with Gasteiger partial charge in [-0.1, -0.05) is 37.3 Å². The highest BCUT2D eigenvalue weighted by atomic mass is 16.3. The Morgan fingerprint density at radius 3 is 2.33 bits per heavy atom. The van der Waals surface area contributed by atoms with Crippen LogP contribution in [0, 0.1) is 11.8 Å². The summed E-state index contributed by atoms with van der Waals surface area (Å²) in [6.45, 7) is 1.80. The average Bonchev–Trinajstić information content (AvgIpc) is 2.89. The van der Waals surface area contributed by atoms with Crippen LogP contribution in [0.15, 0.2) is 53.3 Å². The Kier molecular flexibility index (Phi) is 6.17. The van der Waals surface area contributed by atoms with Crippen molar-refractivity contribution < 1.29 is 34.8 Å². The van der Waals surface area contributed by atoms with Crippen molar-refractivity contribution >= 4 is 23.2 Å². The lowest BCUT2D eigenvalue weighted by atomic mass is 9.55. The molecular weight excluding hydrogens is 502 g/mol. The van der Waals surface area contributed by atoms with Gasteiger partial charge in [-0.3, -0.25) is 19.3 Å². The van der Waals surface area contributed by atoms with Crippen LogP contribution >= 0.6 is 0 Å². The molecule has 3 aliphatic carbocycles. The molecule has 0 radical (unpaired) electrons. The van der Waals surface area contributed by atoms with E-state index in [0.29, 0.717) is 11.1 Å². The predicted molar refractivity (Wildman–Crippen MR) is 142 cm³/mol. The molecule has 10 heteroatoms.